The molecule has 1 aromatic heterocycles. The number of alkyl halides is 3. The van der Waals surface area contributed by atoms with Crippen molar-refractivity contribution in [3.63, 3.8) is 0 Å². The third-order valence-corrected chi connectivity index (χ3v) is 5.76. The zero-order valence-corrected chi connectivity index (χ0v) is 15.8. The first-order valence-corrected chi connectivity index (χ1v) is 9.67. The highest BCUT2D eigenvalue weighted by molar-refractivity contribution is 5.78. The van der Waals surface area contributed by atoms with Gasteiger partial charge in [-0.2, -0.15) is 13.2 Å². The van der Waals surface area contributed by atoms with Gasteiger partial charge in [-0.3, -0.25) is 9.69 Å². The number of halogens is 3. The van der Waals surface area contributed by atoms with Crippen molar-refractivity contribution in [2.45, 2.75) is 64.3 Å². The Bertz CT molecular complexity index is 645. The molecule has 0 aliphatic carbocycles. The number of hydrogen-bond donors (Lipinski definition) is 1. The Labute approximate surface area is 157 Å². The Morgan fingerprint density at radius 3 is 2.59 bits per heavy atom. The largest absolute Gasteiger partial charge is 0.417 e. The molecule has 2 aliphatic heterocycles. The van der Waals surface area contributed by atoms with Crippen LogP contribution in [0, 0.1) is 5.92 Å². The zero-order chi connectivity index (χ0) is 19.6. The highest BCUT2D eigenvalue weighted by Crippen LogP contribution is 2.32. The molecule has 3 rings (SSSR count). The number of nitrogens with one attached hydrogen (secondary N) is 1. The van der Waals surface area contributed by atoms with E-state index in [0.29, 0.717) is 18.5 Å². The van der Waals surface area contributed by atoms with Crippen LogP contribution in [0.15, 0.2) is 18.3 Å². The van der Waals surface area contributed by atoms with Gasteiger partial charge in [-0.05, 0) is 44.2 Å². The van der Waals surface area contributed by atoms with E-state index >= 15 is 0 Å². The number of carbonyl (C=O) groups is 1. The molecular formula is C19H27F3N4O. The molecule has 0 unspecified atom stereocenters. The van der Waals surface area contributed by atoms with Crippen LogP contribution < -0.4 is 5.32 Å². The van der Waals surface area contributed by atoms with Crippen molar-refractivity contribution in [1.29, 1.82) is 0 Å². The zero-order valence-electron chi connectivity index (χ0n) is 15.8. The number of rotatable bonds is 5. The molecule has 3 heterocycles. The number of fused-ring (bicyclic) bond motifs is 1. The summed E-state index contributed by atoms with van der Waals surface area (Å²) in [7, 11) is 0. The van der Waals surface area contributed by atoms with Crippen molar-refractivity contribution in [3.8, 4) is 0 Å². The predicted octanol–water partition coefficient (Wildman–Crippen LogP) is 3.93. The maximum atomic E-state index is 12.7. The van der Waals surface area contributed by atoms with E-state index in [2.05, 4.69) is 15.2 Å². The molecule has 1 N–H and O–H groups in total. The van der Waals surface area contributed by atoms with Crippen LogP contribution in [-0.4, -0.2) is 46.1 Å². The SMILES string of the molecule is CCC(CC)C(=O)N1CC[C@@H]2CC[C@@H](Nc3ccc(C(F)(F)F)cn3)N2C1. The first kappa shape index (κ1) is 19.9. The van der Waals surface area contributed by atoms with Crippen LogP contribution in [0.25, 0.3) is 0 Å². The number of hydrogen-bond acceptors (Lipinski definition) is 4. The van der Waals surface area contributed by atoms with Crippen molar-refractivity contribution < 1.29 is 18.0 Å². The molecule has 0 aromatic carbocycles. The lowest BCUT2D eigenvalue weighted by molar-refractivity contribution is -0.141. The van der Waals surface area contributed by atoms with Crippen molar-refractivity contribution in [1.82, 2.24) is 14.8 Å². The number of pyridine rings is 1. The van der Waals surface area contributed by atoms with E-state index in [-0.39, 0.29) is 18.0 Å². The Balaban J connectivity index is 1.65. The highest BCUT2D eigenvalue weighted by atomic mass is 19.4. The van der Waals surface area contributed by atoms with Crippen molar-refractivity contribution >= 4 is 11.7 Å². The summed E-state index contributed by atoms with van der Waals surface area (Å²) in [6.07, 6.45) is 0.979. The minimum Gasteiger partial charge on any atom is -0.354 e. The topological polar surface area (TPSA) is 48.5 Å². The first-order valence-electron chi connectivity index (χ1n) is 9.67. The van der Waals surface area contributed by atoms with Gasteiger partial charge in [0.25, 0.3) is 0 Å². The fourth-order valence-corrected chi connectivity index (χ4v) is 4.08. The van der Waals surface area contributed by atoms with Crippen LogP contribution >= 0.6 is 0 Å². The van der Waals surface area contributed by atoms with E-state index in [0.717, 1.165) is 50.9 Å². The van der Waals surface area contributed by atoms with Crippen LogP contribution in [0.5, 0.6) is 0 Å². The van der Waals surface area contributed by atoms with Gasteiger partial charge in [0.1, 0.15) is 5.82 Å². The number of carbonyl (C=O) groups excluding carboxylic acids is 1. The van der Waals surface area contributed by atoms with Crippen LogP contribution in [-0.2, 0) is 11.0 Å². The normalized spacial score (nSPS) is 23.6. The molecule has 150 valence electrons. The van der Waals surface area contributed by atoms with Crippen LogP contribution in [0.3, 0.4) is 0 Å². The van der Waals surface area contributed by atoms with E-state index in [4.69, 9.17) is 0 Å². The van der Waals surface area contributed by atoms with Crippen molar-refractivity contribution in [2.75, 3.05) is 18.5 Å². The molecule has 0 spiro atoms. The highest BCUT2D eigenvalue weighted by Gasteiger charge is 2.39. The second-order valence-corrected chi connectivity index (χ2v) is 7.38. The lowest BCUT2D eigenvalue weighted by Crippen LogP contribution is -2.55. The molecule has 27 heavy (non-hydrogen) atoms. The second kappa shape index (κ2) is 8.04. The Kier molecular flexibility index (Phi) is 5.93. The summed E-state index contributed by atoms with van der Waals surface area (Å²) in [6.45, 7) is 5.42. The Hall–Kier alpha value is -1.83. The minimum absolute atomic E-state index is 0.0171. The van der Waals surface area contributed by atoms with Gasteiger partial charge in [-0.1, -0.05) is 13.8 Å². The summed E-state index contributed by atoms with van der Waals surface area (Å²) in [5.74, 6) is 0.695. The number of aromatic nitrogens is 1. The molecule has 1 amide bonds. The molecule has 8 heteroatoms. The minimum atomic E-state index is -4.38. The molecule has 0 bridgehead atoms. The molecule has 2 saturated heterocycles. The van der Waals surface area contributed by atoms with E-state index in [1.165, 1.54) is 6.07 Å². The summed E-state index contributed by atoms with van der Waals surface area (Å²) in [5.41, 5.74) is -0.753. The summed E-state index contributed by atoms with van der Waals surface area (Å²) < 4.78 is 38.0. The summed E-state index contributed by atoms with van der Waals surface area (Å²) in [6, 6.07) is 2.82. The number of nitrogens with zero attached hydrogens (tertiary/aromatic N) is 3. The predicted molar refractivity (Wildman–Crippen MR) is 96.8 cm³/mol. The van der Waals surface area contributed by atoms with Gasteiger partial charge in [-0.25, -0.2) is 4.98 Å². The quantitative estimate of drug-likeness (QED) is 0.836. The molecule has 2 fully saturated rings. The third-order valence-electron chi connectivity index (χ3n) is 5.76. The van der Waals surface area contributed by atoms with Gasteiger partial charge >= 0.3 is 6.18 Å². The summed E-state index contributed by atoms with van der Waals surface area (Å²) in [4.78, 5) is 20.8. The Morgan fingerprint density at radius 2 is 2.00 bits per heavy atom. The Morgan fingerprint density at radius 1 is 1.26 bits per heavy atom. The third kappa shape index (κ3) is 4.36. The van der Waals surface area contributed by atoms with Crippen molar-refractivity contribution in [2.24, 2.45) is 5.92 Å². The van der Waals surface area contributed by atoms with E-state index in [1.54, 1.807) is 0 Å². The van der Waals surface area contributed by atoms with Crippen molar-refractivity contribution in [3.05, 3.63) is 23.9 Å². The smallest absolute Gasteiger partial charge is 0.354 e. The average Bonchev–Trinajstić information content (AvgIpc) is 3.04. The van der Waals surface area contributed by atoms with Gasteiger partial charge in [0.05, 0.1) is 18.4 Å². The average molecular weight is 384 g/mol. The van der Waals surface area contributed by atoms with Crippen LogP contribution in [0.2, 0.25) is 0 Å². The second-order valence-electron chi connectivity index (χ2n) is 7.38. The fourth-order valence-electron chi connectivity index (χ4n) is 4.08. The molecule has 0 saturated carbocycles. The number of anilines is 1. The van der Waals surface area contributed by atoms with Gasteiger partial charge in [-0.15, -0.1) is 0 Å². The monoisotopic (exact) mass is 384 g/mol. The molecular weight excluding hydrogens is 357 g/mol. The standard InChI is InChI=1S/C19H27F3N4O/c1-3-13(4-2)18(27)25-10-9-15-6-8-17(26(15)12-25)24-16-7-5-14(11-23-16)19(20,21)22/h5,7,11,13,15,17H,3-4,6,8-10,12H2,1-2H3,(H,23,24)/t15-,17-/m0/s1. The van der Waals surface area contributed by atoms with Gasteiger partial charge in [0.2, 0.25) is 5.91 Å². The molecule has 5 nitrogen and oxygen atoms in total. The maximum Gasteiger partial charge on any atom is 0.417 e. The molecule has 2 aliphatic rings. The summed E-state index contributed by atoms with van der Waals surface area (Å²) in [5, 5.41) is 3.24. The van der Waals surface area contributed by atoms with E-state index < -0.39 is 11.7 Å². The molecule has 0 radical (unpaired) electrons. The van der Waals surface area contributed by atoms with Crippen LogP contribution in [0.1, 0.15) is 51.5 Å². The fraction of sp³-hybridized carbons (Fsp3) is 0.684. The number of amides is 1. The van der Waals surface area contributed by atoms with E-state index in [1.807, 2.05) is 18.7 Å². The van der Waals surface area contributed by atoms with Gasteiger partial charge in [0, 0.05) is 24.7 Å². The lowest BCUT2D eigenvalue weighted by atomic mass is 10.0. The molecule has 2 atom stereocenters. The maximum absolute atomic E-state index is 12.7. The first-order chi connectivity index (χ1) is 12.8. The lowest BCUT2D eigenvalue weighted by Gasteiger charge is -2.41. The molecule has 1 aromatic rings. The van der Waals surface area contributed by atoms with Gasteiger partial charge < -0.3 is 10.2 Å². The van der Waals surface area contributed by atoms with E-state index in [9.17, 15) is 18.0 Å². The summed E-state index contributed by atoms with van der Waals surface area (Å²) >= 11 is 0. The van der Waals surface area contributed by atoms with Gasteiger partial charge in [0.15, 0.2) is 0 Å². The van der Waals surface area contributed by atoms with Crippen LogP contribution in [0.4, 0.5) is 19.0 Å².